The molecule has 0 fully saturated rings. The Morgan fingerprint density at radius 2 is 1.62 bits per heavy atom. The van der Waals surface area contributed by atoms with Crippen LogP contribution in [0.5, 0.6) is 23.0 Å². The van der Waals surface area contributed by atoms with Crippen LogP contribution in [0.25, 0.3) is 11.3 Å². The Bertz CT molecular complexity index is 1220. The lowest BCUT2D eigenvalue weighted by Crippen LogP contribution is -2.15. The molecule has 7 nitrogen and oxygen atoms in total. The Balaban J connectivity index is 1.19. The third kappa shape index (κ3) is 4.57. The normalized spacial score (nSPS) is 12.2. The number of ether oxygens (including phenoxy) is 3. The average Bonchev–Trinajstić information content (AvgIpc) is 3.29. The van der Waals surface area contributed by atoms with Crippen LogP contribution in [-0.2, 0) is 11.2 Å². The van der Waals surface area contributed by atoms with Gasteiger partial charge < -0.3 is 24.1 Å². The van der Waals surface area contributed by atoms with Crippen LogP contribution >= 0.6 is 0 Å². The van der Waals surface area contributed by atoms with E-state index in [4.69, 9.17) is 18.7 Å². The number of aromatic nitrogens is 1. The number of benzene rings is 3. The van der Waals surface area contributed by atoms with E-state index < -0.39 is 0 Å². The van der Waals surface area contributed by atoms with Crippen molar-refractivity contribution in [3.05, 3.63) is 84.6 Å². The summed E-state index contributed by atoms with van der Waals surface area (Å²) in [6.07, 6.45) is 0.0936. The van der Waals surface area contributed by atoms with Gasteiger partial charge in [0.25, 0.3) is 0 Å². The number of hydrogen-bond donors (Lipinski definition) is 1. The van der Waals surface area contributed by atoms with Crippen LogP contribution in [0.15, 0.2) is 83.4 Å². The Kier molecular flexibility index (Phi) is 5.45. The van der Waals surface area contributed by atoms with E-state index in [9.17, 15) is 4.79 Å². The Morgan fingerprint density at radius 3 is 2.44 bits per heavy atom. The molecule has 32 heavy (non-hydrogen) atoms. The summed E-state index contributed by atoms with van der Waals surface area (Å²) >= 11 is 0. The second kappa shape index (κ2) is 8.85. The first-order valence-electron chi connectivity index (χ1n) is 10.2. The molecule has 5 rings (SSSR count). The van der Waals surface area contributed by atoms with Crippen molar-refractivity contribution in [1.29, 1.82) is 0 Å². The second-order valence-electron chi connectivity index (χ2n) is 7.21. The number of amides is 1. The highest BCUT2D eigenvalue weighted by Crippen LogP contribution is 2.34. The van der Waals surface area contributed by atoms with E-state index in [1.54, 1.807) is 30.3 Å². The number of anilines is 1. The summed E-state index contributed by atoms with van der Waals surface area (Å²) in [5.41, 5.74) is 2.02. The molecule has 1 amide bonds. The van der Waals surface area contributed by atoms with Crippen molar-refractivity contribution >= 4 is 11.6 Å². The van der Waals surface area contributed by atoms with Gasteiger partial charge in [0.15, 0.2) is 17.3 Å². The lowest BCUT2D eigenvalue weighted by atomic mass is 10.1. The van der Waals surface area contributed by atoms with Crippen LogP contribution in [0, 0.1) is 0 Å². The Labute approximate surface area is 184 Å². The van der Waals surface area contributed by atoms with Gasteiger partial charge in [0.2, 0.25) is 5.91 Å². The van der Waals surface area contributed by atoms with E-state index in [0.29, 0.717) is 47.6 Å². The molecular weight excluding hydrogens is 408 g/mol. The summed E-state index contributed by atoms with van der Waals surface area (Å²) < 4.78 is 22.3. The summed E-state index contributed by atoms with van der Waals surface area (Å²) in [5, 5.41) is 6.88. The van der Waals surface area contributed by atoms with Gasteiger partial charge in [-0.2, -0.15) is 0 Å². The first kappa shape index (κ1) is 19.7. The molecule has 0 saturated carbocycles. The SMILES string of the molecule is O=C(Cc1cc(-c2ccc3c(c2)OCCO3)on1)Nc1ccc(Oc2ccccc2)cc1. The van der Waals surface area contributed by atoms with Gasteiger partial charge in [0.05, 0.1) is 12.1 Å². The van der Waals surface area contributed by atoms with Gasteiger partial charge in [0.1, 0.15) is 24.7 Å². The molecule has 4 aromatic rings. The summed E-state index contributed by atoms with van der Waals surface area (Å²) in [7, 11) is 0. The molecule has 3 aromatic carbocycles. The molecule has 0 aliphatic carbocycles. The van der Waals surface area contributed by atoms with Gasteiger partial charge in [-0.15, -0.1) is 0 Å². The maximum absolute atomic E-state index is 12.4. The minimum Gasteiger partial charge on any atom is -0.486 e. The highest BCUT2D eigenvalue weighted by Gasteiger charge is 2.16. The Morgan fingerprint density at radius 1 is 0.875 bits per heavy atom. The second-order valence-corrected chi connectivity index (χ2v) is 7.21. The molecule has 0 radical (unpaired) electrons. The summed E-state index contributed by atoms with van der Waals surface area (Å²) in [6.45, 7) is 1.05. The van der Waals surface area contributed by atoms with Crippen molar-refractivity contribution in [1.82, 2.24) is 5.16 Å². The van der Waals surface area contributed by atoms with Gasteiger partial charge in [-0.05, 0) is 54.6 Å². The largest absolute Gasteiger partial charge is 0.486 e. The van der Waals surface area contributed by atoms with E-state index in [-0.39, 0.29) is 12.3 Å². The molecule has 0 atom stereocenters. The summed E-state index contributed by atoms with van der Waals surface area (Å²) in [6, 6.07) is 24.0. The van der Waals surface area contributed by atoms with E-state index in [1.807, 2.05) is 48.5 Å². The average molecular weight is 428 g/mol. The topological polar surface area (TPSA) is 82.8 Å². The molecule has 1 aromatic heterocycles. The number of hydrogen-bond acceptors (Lipinski definition) is 6. The molecule has 0 spiro atoms. The summed E-state index contributed by atoms with van der Waals surface area (Å²) in [4.78, 5) is 12.4. The fraction of sp³-hybridized carbons (Fsp3) is 0.120. The number of rotatable bonds is 6. The number of fused-ring (bicyclic) bond motifs is 1. The van der Waals surface area contributed by atoms with Crippen LogP contribution in [0.1, 0.15) is 5.69 Å². The molecule has 2 heterocycles. The first-order chi connectivity index (χ1) is 15.7. The zero-order chi connectivity index (χ0) is 21.8. The molecule has 0 saturated heterocycles. The smallest absolute Gasteiger partial charge is 0.230 e. The predicted octanol–water partition coefficient (Wildman–Crippen LogP) is 5.09. The van der Waals surface area contributed by atoms with Crippen molar-refractivity contribution in [2.24, 2.45) is 0 Å². The zero-order valence-corrected chi connectivity index (χ0v) is 17.1. The standard InChI is InChI=1S/C25H20N2O5/c28-25(26-18-7-9-21(10-8-18)31-20-4-2-1-3-5-20)16-19-15-23(32-27-19)17-6-11-22-24(14-17)30-13-12-29-22/h1-11,14-15H,12-13,16H2,(H,26,28). The van der Waals surface area contributed by atoms with Gasteiger partial charge >= 0.3 is 0 Å². The van der Waals surface area contributed by atoms with Gasteiger partial charge in [-0.25, -0.2) is 0 Å². The fourth-order valence-electron chi connectivity index (χ4n) is 3.33. The van der Waals surface area contributed by atoms with Crippen LogP contribution in [0.2, 0.25) is 0 Å². The number of nitrogens with zero attached hydrogens (tertiary/aromatic N) is 1. The summed E-state index contributed by atoms with van der Waals surface area (Å²) in [5.74, 6) is 3.19. The van der Waals surface area contributed by atoms with Crippen LogP contribution in [0.4, 0.5) is 5.69 Å². The number of nitrogens with one attached hydrogen (secondary N) is 1. The Hall–Kier alpha value is -4.26. The van der Waals surface area contributed by atoms with Crippen molar-refractivity contribution in [2.45, 2.75) is 6.42 Å². The molecular formula is C25H20N2O5. The maximum Gasteiger partial charge on any atom is 0.230 e. The number of carbonyl (C=O) groups excluding carboxylic acids is 1. The zero-order valence-electron chi connectivity index (χ0n) is 17.1. The highest BCUT2D eigenvalue weighted by molar-refractivity contribution is 5.92. The first-order valence-corrected chi connectivity index (χ1v) is 10.2. The third-order valence-electron chi connectivity index (χ3n) is 4.84. The maximum atomic E-state index is 12.4. The molecule has 1 aliphatic heterocycles. The molecule has 0 bridgehead atoms. The predicted molar refractivity (Wildman–Crippen MR) is 118 cm³/mol. The quantitative estimate of drug-likeness (QED) is 0.461. The van der Waals surface area contributed by atoms with Crippen molar-refractivity contribution in [2.75, 3.05) is 18.5 Å². The van der Waals surface area contributed by atoms with Gasteiger partial charge in [0, 0.05) is 17.3 Å². The van der Waals surface area contributed by atoms with Gasteiger partial charge in [-0.1, -0.05) is 23.4 Å². The van der Waals surface area contributed by atoms with Crippen molar-refractivity contribution in [3.63, 3.8) is 0 Å². The monoisotopic (exact) mass is 428 g/mol. The van der Waals surface area contributed by atoms with Crippen LogP contribution in [-0.4, -0.2) is 24.3 Å². The number of carbonyl (C=O) groups is 1. The molecule has 7 heteroatoms. The van der Waals surface area contributed by atoms with E-state index in [1.165, 1.54) is 0 Å². The minimum absolute atomic E-state index is 0.0936. The van der Waals surface area contributed by atoms with Crippen molar-refractivity contribution in [3.8, 4) is 34.3 Å². The van der Waals surface area contributed by atoms with E-state index in [2.05, 4.69) is 10.5 Å². The third-order valence-corrected chi connectivity index (χ3v) is 4.84. The van der Waals surface area contributed by atoms with Crippen LogP contribution < -0.4 is 19.5 Å². The highest BCUT2D eigenvalue weighted by atomic mass is 16.6. The fourth-order valence-corrected chi connectivity index (χ4v) is 3.33. The molecule has 1 aliphatic rings. The lowest BCUT2D eigenvalue weighted by Gasteiger charge is -2.18. The molecule has 1 N–H and O–H groups in total. The van der Waals surface area contributed by atoms with Crippen LogP contribution in [0.3, 0.4) is 0 Å². The van der Waals surface area contributed by atoms with Gasteiger partial charge in [-0.3, -0.25) is 4.79 Å². The van der Waals surface area contributed by atoms with Crippen molar-refractivity contribution < 1.29 is 23.5 Å². The number of para-hydroxylation sites is 1. The minimum atomic E-state index is -0.191. The molecule has 160 valence electrons. The lowest BCUT2D eigenvalue weighted by molar-refractivity contribution is -0.115. The van der Waals surface area contributed by atoms with E-state index in [0.717, 1.165) is 11.3 Å². The molecule has 0 unspecified atom stereocenters. The van der Waals surface area contributed by atoms with E-state index >= 15 is 0 Å².